The first kappa shape index (κ1) is 15.7. The van der Waals surface area contributed by atoms with Crippen LogP contribution in [0.2, 0.25) is 0 Å². The van der Waals surface area contributed by atoms with E-state index in [9.17, 15) is 0 Å². The summed E-state index contributed by atoms with van der Waals surface area (Å²) in [6, 6.07) is 5.92. The Balaban J connectivity index is 1.47. The molecule has 5 heteroatoms. The maximum atomic E-state index is 6.12. The van der Waals surface area contributed by atoms with E-state index in [0.29, 0.717) is 12.7 Å². The van der Waals surface area contributed by atoms with Crippen molar-refractivity contribution in [1.29, 1.82) is 0 Å². The molecular formula is C19H24N2O3. The number of ether oxygens (including phenoxy) is 2. The Labute approximate surface area is 142 Å². The Hall–Kier alpha value is -1.85. The largest absolute Gasteiger partial charge is 0.491 e. The van der Waals surface area contributed by atoms with Gasteiger partial charge in [0.05, 0.1) is 31.4 Å². The molecule has 2 aliphatic rings. The first-order valence-electron chi connectivity index (χ1n) is 8.72. The van der Waals surface area contributed by atoms with Gasteiger partial charge in [0.1, 0.15) is 5.75 Å². The van der Waals surface area contributed by atoms with Gasteiger partial charge in [0.2, 0.25) is 0 Å². The highest BCUT2D eigenvalue weighted by molar-refractivity contribution is 5.16. The van der Waals surface area contributed by atoms with Gasteiger partial charge in [0.15, 0.2) is 0 Å². The van der Waals surface area contributed by atoms with E-state index in [0.717, 1.165) is 51.3 Å². The zero-order chi connectivity index (χ0) is 16.2. The molecule has 0 radical (unpaired) electrons. The van der Waals surface area contributed by atoms with Crippen LogP contribution in [0.5, 0.6) is 5.75 Å². The second-order valence-corrected chi connectivity index (χ2v) is 6.93. The quantitative estimate of drug-likeness (QED) is 0.844. The van der Waals surface area contributed by atoms with Crippen LogP contribution in [0.4, 0.5) is 0 Å². The minimum Gasteiger partial charge on any atom is -0.491 e. The van der Waals surface area contributed by atoms with E-state index < -0.39 is 0 Å². The van der Waals surface area contributed by atoms with Crippen molar-refractivity contribution in [2.45, 2.75) is 31.9 Å². The van der Waals surface area contributed by atoms with E-state index in [1.807, 2.05) is 24.5 Å². The van der Waals surface area contributed by atoms with Crippen LogP contribution in [0, 0.1) is 5.41 Å². The highest BCUT2D eigenvalue weighted by Crippen LogP contribution is 2.41. The fourth-order valence-corrected chi connectivity index (χ4v) is 4.03. The standard InChI is InChI=1S/C19H24N2O3/c1-3-17(11-20-7-1)24-15-19-6-2-9-23-18(19)4-8-21(14-19)12-16-5-10-22-13-16/h1,3,5,7,10-11,13,18H,2,4,6,8-9,12,14-15H2/t18-,19+/m0/s1. The molecule has 0 N–H and O–H groups in total. The molecule has 4 rings (SSSR count). The lowest BCUT2D eigenvalue weighted by Gasteiger charge is -2.50. The number of fused-ring (bicyclic) bond motifs is 1. The highest BCUT2D eigenvalue weighted by atomic mass is 16.5. The average Bonchev–Trinajstić information content (AvgIpc) is 3.14. The van der Waals surface area contributed by atoms with Gasteiger partial charge in [-0.1, -0.05) is 0 Å². The summed E-state index contributed by atoms with van der Waals surface area (Å²) < 4.78 is 17.4. The minimum absolute atomic E-state index is 0.0656. The number of nitrogens with zero attached hydrogens (tertiary/aromatic N) is 2. The minimum atomic E-state index is 0.0656. The van der Waals surface area contributed by atoms with Gasteiger partial charge in [-0.3, -0.25) is 9.88 Å². The van der Waals surface area contributed by atoms with Crippen LogP contribution in [-0.2, 0) is 11.3 Å². The van der Waals surface area contributed by atoms with E-state index >= 15 is 0 Å². The number of piperidine rings is 1. The molecule has 0 aliphatic carbocycles. The molecule has 24 heavy (non-hydrogen) atoms. The molecular weight excluding hydrogens is 304 g/mol. The number of furan rings is 1. The molecule has 5 nitrogen and oxygen atoms in total. The van der Waals surface area contributed by atoms with Crippen molar-refractivity contribution < 1.29 is 13.9 Å². The molecule has 2 saturated heterocycles. The normalized spacial score (nSPS) is 27.6. The van der Waals surface area contributed by atoms with Crippen LogP contribution in [0.25, 0.3) is 0 Å². The van der Waals surface area contributed by atoms with E-state index in [1.165, 1.54) is 5.56 Å². The van der Waals surface area contributed by atoms with E-state index in [1.54, 1.807) is 18.7 Å². The smallest absolute Gasteiger partial charge is 0.137 e. The molecule has 2 aliphatic heterocycles. The van der Waals surface area contributed by atoms with Gasteiger partial charge < -0.3 is 13.9 Å². The number of likely N-dealkylation sites (tertiary alicyclic amines) is 1. The van der Waals surface area contributed by atoms with Gasteiger partial charge in [0, 0.05) is 43.4 Å². The Morgan fingerprint density at radius 1 is 1.38 bits per heavy atom. The predicted molar refractivity (Wildman–Crippen MR) is 89.7 cm³/mol. The molecule has 2 aromatic heterocycles. The third-order valence-corrected chi connectivity index (χ3v) is 5.21. The van der Waals surface area contributed by atoms with Crippen LogP contribution in [0.15, 0.2) is 47.5 Å². The van der Waals surface area contributed by atoms with Crippen LogP contribution in [0.3, 0.4) is 0 Å². The summed E-state index contributed by atoms with van der Waals surface area (Å²) in [5.41, 5.74) is 1.30. The fraction of sp³-hybridized carbons (Fsp3) is 0.526. The van der Waals surface area contributed by atoms with Crippen molar-refractivity contribution >= 4 is 0 Å². The SMILES string of the molecule is c1cncc(OC[C@]23CCCO[C@H]2CCN(Cc2ccoc2)C3)c1. The van der Waals surface area contributed by atoms with Crippen LogP contribution in [0.1, 0.15) is 24.8 Å². The van der Waals surface area contributed by atoms with Gasteiger partial charge in [-0.2, -0.15) is 0 Å². The maximum Gasteiger partial charge on any atom is 0.137 e. The molecule has 2 fully saturated rings. The van der Waals surface area contributed by atoms with Crippen molar-refractivity contribution in [3.05, 3.63) is 48.7 Å². The average molecular weight is 328 g/mol. The summed E-state index contributed by atoms with van der Waals surface area (Å²) in [6.07, 6.45) is 10.7. The van der Waals surface area contributed by atoms with Crippen LogP contribution in [-0.4, -0.2) is 42.3 Å². The molecule has 0 amide bonds. The van der Waals surface area contributed by atoms with Crippen molar-refractivity contribution in [1.82, 2.24) is 9.88 Å². The second kappa shape index (κ2) is 6.95. The Kier molecular flexibility index (Phi) is 4.54. The predicted octanol–water partition coefficient (Wildman–Crippen LogP) is 3.12. The number of rotatable bonds is 5. The molecule has 128 valence electrons. The number of hydrogen-bond donors (Lipinski definition) is 0. The number of aromatic nitrogens is 1. The van der Waals surface area contributed by atoms with Crippen LogP contribution < -0.4 is 4.74 Å². The number of hydrogen-bond acceptors (Lipinski definition) is 5. The molecule has 4 heterocycles. The topological polar surface area (TPSA) is 47.7 Å². The molecule has 0 saturated carbocycles. The van der Waals surface area contributed by atoms with E-state index in [2.05, 4.69) is 9.88 Å². The third kappa shape index (κ3) is 3.32. The lowest BCUT2D eigenvalue weighted by atomic mass is 9.73. The van der Waals surface area contributed by atoms with Crippen molar-refractivity contribution in [2.75, 3.05) is 26.3 Å². The second-order valence-electron chi connectivity index (χ2n) is 6.93. The molecule has 2 aromatic rings. The number of pyridine rings is 1. The van der Waals surface area contributed by atoms with Crippen molar-refractivity contribution in [3.63, 3.8) is 0 Å². The summed E-state index contributed by atoms with van der Waals surface area (Å²) >= 11 is 0. The summed E-state index contributed by atoms with van der Waals surface area (Å²) in [6.45, 7) is 4.55. The van der Waals surface area contributed by atoms with Gasteiger partial charge in [0.25, 0.3) is 0 Å². The van der Waals surface area contributed by atoms with Gasteiger partial charge in [-0.15, -0.1) is 0 Å². The Morgan fingerprint density at radius 2 is 2.38 bits per heavy atom. The third-order valence-electron chi connectivity index (χ3n) is 5.21. The Morgan fingerprint density at radius 3 is 3.21 bits per heavy atom. The molecule has 0 aromatic carbocycles. The Bertz CT molecular complexity index is 631. The van der Waals surface area contributed by atoms with Crippen molar-refractivity contribution in [3.8, 4) is 5.75 Å². The molecule has 0 unspecified atom stereocenters. The van der Waals surface area contributed by atoms with Crippen molar-refractivity contribution in [2.24, 2.45) is 5.41 Å². The summed E-state index contributed by atoms with van der Waals surface area (Å²) in [5, 5.41) is 0. The van der Waals surface area contributed by atoms with Gasteiger partial charge >= 0.3 is 0 Å². The van der Waals surface area contributed by atoms with Gasteiger partial charge in [-0.25, -0.2) is 0 Å². The lowest BCUT2D eigenvalue weighted by molar-refractivity contribution is -0.140. The van der Waals surface area contributed by atoms with E-state index in [4.69, 9.17) is 13.9 Å². The first-order chi connectivity index (χ1) is 11.8. The fourth-order valence-electron chi connectivity index (χ4n) is 4.03. The zero-order valence-electron chi connectivity index (χ0n) is 13.9. The van der Waals surface area contributed by atoms with Crippen LogP contribution >= 0.6 is 0 Å². The molecule has 0 spiro atoms. The summed E-state index contributed by atoms with van der Waals surface area (Å²) in [4.78, 5) is 6.64. The zero-order valence-corrected chi connectivity index (χ0v) is 13.9. The lowest BCUT2D eigenvalue weighted by Crippen LogP contribution is -2.57. The van der Waals surface area contributed by atoms with Gasteiger partial charge in [-0.05, 0) is 37.5 Å². The highest BCUT2D eigenvalue weighted by Gasteiger charge is 2.46. The maximum absolute atomic E-state index is 6.12. The first-order valence-corrected chi connectivity index (χ1v) is 8.72. The van der Waals surface area contributed by atoms with E-state index in [-0.39, 0.29) is 5.41 Å². The summed E-state index contributed by atoms with van der Waals surface area (Å²) in [5.74, 6) is 0.836. The molecule has 0 bridgehead atoms. The molecule has 2 atom stereocenters. The summed E-state index contributed by atoms with van der Waals surface area (Å²) in [7, 11) is 0. The monoisotopic (exact) mass is 328 g/mol.